The zero-order valence-corrected chi connectivity index (χ0v) is 21.0. The maximum atomic E-state index is 13.3. The second-order valence-corrected chi connectivity index (χ2v) is 10.5. The number of nitrogens with zero attached hydrogens (tertiary/aromatic N) is 5. The summed E-state index contributed by atoms with van der Waals surface area (Å²) in [5, 5.41) is 13.1. The molecule has 2 fully saturated rings. The summed E-state index contributed by atoms with van der Waals surface area (Å²) in [6, 6.07) is 7.92. The first-order valence-corrected chi connectivity index (χ1v) is 13.6. The van der Waals surface area contributed by atoms with Crippen LogP contribution in [0.2, 0.25) is 0 Å². The number of ether oxygens (including phenoxy) is 1. The minimum absolute atomic E-state index is 0.178. The number of carbonyl (C=O) groups is 1. The summed E-state index contributed by atoms with van der Waals surface area (Å²) >= 11 is 2.48. The fourth-order valence-electron chi connectivity index (χ4n) is 4.85. The SMILES string of the molecule is O=C(Nc1cnc2cccnn12)c1cc2cn(C3CCC(CCI)CC3)nc2cc1OC1CC1. The number of rotatable bonds is 7. The number of amides is 1. The Morgan fingerprint density at radius 1 is 1.18 bits per heavy atom. The lowest BCUT2D eigenvalue weighted by Crippen LogP contribution is -2.18. The van der Waals surface area contributed by atoms with Gasteiger partial charge < -0.3 is 10.1 Å². The number of fused-ring (bicyclic) bond motifs is 2. The first kappa shape index (κ1) is 21.8. The van der Waals surface area contributed by atoms with Gasteiger partial charge in [0, 0.05) is 23.8 Å². The zero-order valence-electron chi connectivity index (χ0n) is 18.9. The predicted octanol–water partition coefficient (Wildman–Crippen LogP) is 5.43. The van der Waals surface area contributed by atoms with Crippen LogP contribution >= 0.6 is 22.6 Å². The minimum Gasteiger partial charge on any atom is -0.490 e. The smallest absolute Gasteiger partial charge is 0.260 e. The van der Waals surface area contributed by atoms with Gasteiger partial charge in [-0.15, -0.1) is 0 Å². The Hall–Kier alpha value is -2.69. The third kappa shape index (κ3) is 4.37. The van der Waals surface area contributed by atoms with E-state index in [1.807, 2.05) is 24.3 Å². The Kier molecular flexibility index (Phi) is 5.88. The molecule has 1 amide bonds. The molecule has 34 heavy (non-hydrogen) atoms. The Bertz CT molecular complexity index is 1340. The number of aromatic nitrogens is 5. The molecule has 0 radical (unpaired) electrons. The molecule has 2 aliphatic carbocycles. The number of nitrogens with one attached hydrogen (secondary N) is 1. The summed E-state index contributed by atoms with van der Waals surface area (Å²) in [6.07, 6.45) is 13.8. The highest BCUT2D eigenvalue weighted by atomic mass is 127. The summed E-state index contributed by atoms with van der Waals surface area (Å²) in [4.78, 5) is 17.6. The van der Waals surface area contributed by atoms with Crippen LogP contribution in [-0.4, -0.2) is 40.8 Å². The van der Waals surface area contributed by atoms with Gasteiger partial charge in [-0.25, -0.2) is 4.98 Å². The molecule has 8 nitrogen and oxygen atoms in total. The first-order valence-electron chi connectivity index (χ1n) is 12.0. The van der Waals surface area contributed by atoms with Gasteiger partial charge in [-0.1, -0.05) is 22.6 Å². The van der Waals surface area contributed by atoms with Crippen molar-refractivity contribution in [2.24, 2.45) is 5.92 Å². The van der Waals surface area contributed by atoms with E-state index in [1.54, 1.807) is 16.9 Å². The van der Waals surface area contributed by atoms with Crippen LogP contribution in [0.25, 0.3) is 16.6 Å². The van der Waals surface area contributed by atoms with Crippen molar-refractivity contribution in [2.45, 2.75) is 57.1 Å². The standard InChI is InChI=1S/C25H27IN6O2/c26-10-9-16-3-5-18(6-4-16)31-15-17-12-20(22(13-21(17)30-31)34-19-7-8-19)25(33)29-24-14-27-23-2-1-11-28-32(23)24/h1-2,11-16,18-19H,3-10H2,(H,29,33). The molecule has 0 aliphatic heterocycles. The number of hydrogen-bond donors (Lipinski definition) is 1. The van der Waals surface area contributed by atoms with Crippen LogP contribution in [0.1, 0.15) is 61.3 Å². The molecular weight excluding hydrogens is 543 g/mol. The topological polar surface area (TPSA) is 86.3 Å². The molecule has 2 aliphatic rings. The van der Waals surface area contributed by atoms with E-state index < -0.39 is 0 Å². The molecule has 1 N–H and O–H groups in total. The van der Waals surface area contributed by atoms with Crippen molar-refractivity contribution < 1.29 is 9.53 Å². The van der Waals surface area contributed by atoms with Crippen molar-refractivity contribution in [2.75, 3.05) is 9.74 Å². The number of imidazole rings is 1. The van der Waals surface area contributed by atoms with Crippen molar-refractivity contribution >= 4 is 50.9 Å². The second-order valence-electron chi connectivity index (χ2n) is 9.38. The summed E-state index contributed by atoms with van der Waals surface area (Å²) < 4.78 is 11.1. The lowest BCUT2D eigenvalue weighted by molar-refractivity contribution is 0.102. The fraction of sp³-hybridized carbons (Fsp3) is 0.440. The summed E-state index contributed by atoms with van der Waals surface area (Å²) in [5.41, 5.74) is 2.06. The van der Waals surface area contributed by atoms with Crippen molar-refractivity contribution in [1.82, 2.24) is 24.4 Å². The third-order valence-corrected chi connectivity index (χ3v) is 7.54. The van der Waals surface area contributed by atoms with Crippen molar-refractivity contribution in [3.63, 3.8) is 0 Å². The van der Waals surface area contributed by atoms with Gasteiger partial charge in [-0.2, -0.15) is 14.7 Å². The van der Waals surface area contributed by atoms with E-state index in [0.29, 0.717) is 28.8 Å². The van der Waals surface area contributed by atoms with Gasteiger partial charge in [-0.05, 0) is 73.5 Å². The van der Waals surface area contributed by atoms with Crippen LogP contribution < -0.4 is 10.1 Å². The highest BCUT2D eigenvalue weighted by molar-refractivity contribution is 14.1. The second kappa shape index (κ2) is 9.16. The number of halogens is 1. The van der Waals surface area contributed by atoms with E-state index in [4.69, 9.17) is 9.84 Å². The van der Waals surface area contributed by atoms with Crippen LogP contribution in [0.4, 0.5) is 5.82 Å². The molecule has 0 bridgehead atoms. The first-order chi connectivity index (χ1) is 16.7. The zero-order chi connectivity index (χ0) is 23.1. The minimum atomic E-state index is -0.239. The van der Waals surface area contributed by atoms with Crippen LogP contribution in [0.5, 0.6) is 5.75 Å². The Labute approximate surface area is 211 Å². The molecule has 6 rings (SSSR count). The maximum Gasteiger partial charge on any atom is 0.260 e. The van der Waals surface area contributed by atoms with E-state index in [2.05, 4.69) is 48.9 Å². The molecule has 0 atom stereocenters. The molecule has 0 saturated heterocycles. The van der Waals surface area contributed by atoms with Gasteiger partial charge in [0.15, 0.2) is 11.5 Å². The largest absolute Gasteiger partial charge is 0.490 e. The predicted molar refractivity (Wildman–Crippen MR) is 139 cm³/mol. The quantitative estimate of drug-likeness (QED) is 0.237. The molecule has 2 saturated carbocycles. The lowest BCUT2D eigenvalue weighted by Gasteiger charge is -2.28. The van der Waals surface area contributed by atoms with E-state index in [9.17, 15) is 4.79 Å². The molecule has 0 spiro atoms. The highest BCUT2D eigenvalue weighted by Crippen LogP contribution is 2.36. The summed E-state index contributed by atoms with van der Waals surface area (Å²) in [5.74, 6) is 1.72. The average molecular weight is 570 g/mol. The Balaban J connectivity index is 1.29. The van der Waals surface area contributed by atoms with E-state index in [1.165, 1.54) is 23.7 Å². The molecular formula is C25H27IN6O2. The van der Waals surface area contributed by atoms with Crippen LogP contribution in [0.15, 0.2) is 42.9 Å². The summed E-state index contributed by atoms with van der Waals surface area (Å²) in [6.45, 7) is 0. The van der Waals surface area contributed by atoms with Crippen molar-refractivity contribution in [1.29, 1.82) is 0 Å². The van der Waals surface area contributed by atoms with Crippen molar-refractivity contribution in [3.05, 3.63) is 48.4 Å². The Morgan fingerprint density at radius 2 is 2.03 bits per heavy atom. The molecule has 1 aromatic carbocycles. The van der Waals surface area contributed by atoms with Crippen LogP contribution in [0.3, 0.4) is 0 Å². The number of anilines is 1. The monoisotopic (exact) mass is 570 g/mol. The highest BCUT2D eigenvalue weighted by Gasteiger charge is 2.28. The van der Waals surface area contributed by atoms with Gasteiger partial charge in [0.05, 0.1) is 29.4 Å². The van der Waals surface area contributed by atoms with Gasteiger partial charge >= 0.3 is 0 Å². The number of alkyl halides is 1. The van der Waals surface area contributed by atoms with E-state index in [0.717, 1.165) is 42.5 Å². The Morgan fingerprint density at radius 3 is 2.82 bits per heavy atom. The molecule has 4 aromatic rings. The third-order valence-electron chi connectivity index (χ3n) is 6.91. The lowest BCUT2D eigenvalue weighted by atomic mass is 9.85. The van der Waals surface area contributed by atoms with Gasteiger partial charge in [0.2, 0.25) is 0 Å². The number of benzene rings is 1. The average Bonchev–Trinajstić information content (AvgIpc) is 3.43. The number of hydrogen-bond acceptors (Lipinski definition) is 5. The van der Waals surface area contributed by atoms with Gasteiger partial charge in [0.25, 0.3) is 5.91 Å². The van der Waals surface area contributed by atoms with Crippen LogP contribution in [0, 0.1) is 5.92 Å². The normalized spacial score (nSPS) is 20.6. The molecule has 3 heterocycles. The molecule has 0 unspecified atom stereocenters. The van der Waals surface area contributed by atoms with E-state index >= 15 is 0 Å². The molecule has 3 aromatic heterocycles. The molecule has 176 valence electrons. The number of carbonyl (C=O) groups excluding carboxylic acids is 1. The maximum absolute atomic E-state index is 13.3. The van der Waals surface area contributed by atoms with Gasteiger partial charge in [0.1, 0.15) is 5.75 Å². The van der Waals surface area contributed by atoms with Gasteiger partial charge in [-0.3, -0.25) is 9.48 Å². The molecule has 9 heteroatoms. The van der Waals surface area contributed by atoms with Crippen molar-refractivity contribution in [3.8, 4) is 5.75 Å². The fourth-order valence-corrected chi connectivity index (χ4v) is 5.73. The van der Waals surface area contributed by atoms with E-state index in [-0.39, 0.29) is 12.0 Å². The summed E-state index contributed by atoms with van der Waals surface area (Å²) in [7, 11) is 0. The van der Waals surface area contributed by atoms with Crippen LogP contribution in [-0.2, 0) is 0 Å².